The normalized spacial score (nSPS) is 15.7. The van der Waals surface area contributed by atoms with Crippen LogP contribution >= 0.6 is 0 Å². The molecule has 1 aromatic carbocycles. The maximum absolute atomic E-state index is 13.1. The third-order valence-corrected chi connectivity index (χ3v) is 5.60. The van der Waals surface area contributed by atoms with Gasteiger partial charge < -0.3 is 15.1 Å². The highest BCUT2D eigenvalue weighted by atomic mass is 16.2. The molecule has 1 N–H and O–H groups in total. The van der Waals surface area contributed by atoms with Gasteiger partial charge in [0.25, 0.3) is 0 Å². The fourth-order valence-electron chi connectivity index (χ4n) is 3.77. The van der Waals surface area contributed by atoms with Crippen molar-refractivity contribution in [1.82, 2.24) is 20.2 Å². The van der Waals surface area contributed by atoms with E-state index in [1.165, 1.54) is 0 Å². The molecule has 0 aliphatic carbocycles. The Bertz CT molecular complexity index is 821. The molecular weight excluding hydrogens is 350 g/mol. The SMILES string of the molecule is CC[C@@H](C)[C@H](NC)C(=O)N1CCc2c(nc(-c3ccccc3)nc2N(C)C)C1. The first-order valence-electron chi connectivity index (χ1n) is 10.0. The third-order valence-electron chi connectivity index (χ3n) is 5.60. The van der Waals surface area contributed by atoms with Crippen molar-refractivity contribution in [3.63, 3.8) is 0 Å². The molecule has 0 fully saturated rings. The summed E-state index contributed by atoms with van der Waals surface area (Å²) in [7, 11) is 5.89. The van der Waals surface area contributed by atoms with Gasteiger partial charge in [-0.2, -0.15) is 0 Å². The van der Waals surface area contributed by atoms with Gasteiger partial charge in [-0.25, -0.2) is 9.97 Å². The number of nitrogens with zero attached hydrogens (tertiary/aromatic N) is 4. The van der Waals surface area contributed by atoms with E-state index in [0.29, 0.717) is 24.8 Å². The lowest BCUT2D eigenvalue weighted by Gasteiger charge is -2.34. The minimum absolute atomic E-state index is 0.157. The quantitative estimate of drug-likeness (QED) is 0.834. The minimum atomic E-state index is -0.157. The molecule has 6 heteroatoms. The van der Waals surface area contributed by atoms with E-state index in [1.807, 2.05) is 61.3 Å². The molecule has 1 amide bonds. The number of hydrogen-bond acceptors (Lipinski definition) is 5. The molecule has 2 heterocycles. The lowest BCUT2D eigenvalue weighted by molar-refractivity contribution is -0.135. The Balaban J connectivity index is 1.95. The van der Waals surface area contributed by atoms with Crippen LogP contribution in [0.25, 0.3) is 11.4 Å². The van der Waals surface area contributed by atoms with Gasteiger partial charge in [-0.3, -0.25) is 4.79 Å². The van der Waals surface area contributed by atoms with Crippen molar-refractivity contribution in [3.05, 3.63) is 41.6 Å². The van der Waals surface area contributed by atoms with Crippen molar-refractivity contribution in [2.45, 2.75) is 39.3 Å². The summed E-state index contributed by atoms with van der Waals surface area (Å²) < 4.78 is 0. The molecule has 0 saturated heterocycles. The number of anilines is 1. The molecule has 0 saturated carbocycles. The summed E-state index contributed by atoms with van der Waals surface area (Å²) in [6.45, 7) is 5.48. The standard InChI is InChI=1S/C22H31N5O/c1-6-15(2)19(23-3)22(28)27-13-12-17-18(14-27)24-20(25-21(17)26(4)5)16-10-8-7-9-11-16/h7-11,15,19,23H,6,12-14H2,1-5H3/t15-,19+/m1/s1. The van der Waals surface area contributed by atoms with E-state index >= 15 is 0 Å². The van der Waals surface area contributed by atoms with E-state index in [-0.39, 0.29) is 11.9 Å². The second kappa shape index (κ2) is 8.69. The number of carbonyl (C=O) groups excluding carboxylic acids is 1. The van der Waals surface area contributed by atoms with Crippen LogP contribution in [0.1, 0.15) is 31.5 Å². The lowest BCUT2D eigenvalue weighted by atomic mass is 9.96. The van der Waals surface area contributed by atoms with Gasteiger partial charge in [0, 0.05) is 31.8 Å². The van der Waals surface area contributed by atoms with Gasteiger partial charge in [-0.1, -0.05) is 50.6 Å². The van der Waals surface area contributed by atoms with Crippen LogP contribution in [0.5, 0.6) is 0 Å². The first-order valence-corrected chi connectivity index (χ1v) is 10.0. The molecule has 0 radical (unpaired) electrons. The van der Waals surface area contributed by atoms with E-state index in [4.69, 9.17) is 9.97 Å². The Morgan fingerprint density at radius 3 is 2.57 bits per heavy atom. The summed E-state index contributed by atoms with van der Waals surface area (Å²) in [5.41, 5.74) is 3.10. The molecular formula is C22H31N5O. The fraction of sp³-hybridized carbons (Fsp3) is 0.500. The van der Waals surface area contributed by atoms with Gasteiger partial charge in [0.05, 0.1) is 18.3 Å². The number of nitrogens with one attached hydrogen (secondary N) is 1. The largest absolute Gasteiger partial charge is 0.362 e. The Kier molecular flexibility index (Phi) is 6.29. The molecule has 6 nitrogen and oxygen atoms in total. The zero-order valence-electron chi connectivity index (χ0n) is 17.6. The number of carbonyl (C=O) groups is 1. The molecule has 0 spiro atoms. The molecule has 2 aromatic rings. The molecule has 28 heavy (non-hydrogen) atoms. The first-order chi connectivity index (χ1) is 13.5. The monoisotopic (exact) mass is 381 g/mol. The maximum Gasteiger partial charge on any atom is 0.240 e. The van der Waals surface area contributed by atoms with E-state index < -0.39 is 0 Å². The van der Waals surface area contributed by atoms with Crippen LogP contribution < -0.4 is 10.2 Å². The van der Waals surface area contributed by atoms with Gasteiger partial charge in [-0.15, -0.1) is 0 Å². The van der Waals surface area contributed by atoms with Crippen LogP contribution in [0.15, 0.2) is 30.3 Å². The summed E-state index contributed by atoms with van der Waals surface area (Å²) in [5.74, 6) is 2.11. The van der Waals surface area contributed by atoms with Crippen molar-refractivity contribution >= 4 is 11.7 Å². The van der Waals surface area contributed by atoms with Gasteiger partial charge in [-0.05, 0) is 19.4 Å². The minimum Gasteiger partial charge on any atom is -0.362 e. The van der Waals surface area contributed by atoms with Crippen LogP contribution in [0.2, 0.25) is 0 Å². The van der Waals surface area contributed by atoms with Crippen LogP contribution in [0.3, 0.4) is 0 Å². The van der Waals surface area contributed by atoms with Gasteiger partial charge in [0.15, 0.2) is 5.82 Å². The molecule has 1 aliphatic rings. The van der Waals surface area contributed by atoms with E-state index in [2.05, 4.69) is 19.2 Å². The smallest absolute Gasteiger partial charge is 0.240 e. The maximum atomic E-state index is 13.1. The molecule has 0 unspecified atom stereocenters. The van der Waals surface area contributed by atoms with Gasteiger partial charge >= 0.3 is 0 Å². The Labute approximate surface area is 168 Å². The van der Waals surface area contributed by atoms with Gasteiger partial charge in [0.2, 0.25) is 5.91 Å². The third kappa shape index (κ3) is 4.02. The molecule has 3 rings (SSSR count). The summed E-state index contributed by atoms with van der Waals surface area (Å²) in [4.78, 5) is 26.8. The topological polar surface area (TPSA) is 61.4 Å². The number of aromatic nitrogens is 2. The fourth-order valence-corrected chi connectivity index (χ4v) is 3.77. The average molecular weight is 382 g/mol. The summed E-state index contributed by atoms with van der Waals surface area (Å²) in [5, 5.41) is 3.21. The molecule has 150 valence electrons. The lowest BCUT2D eigenvalue weighted by Crippen LogP contribution is -2.50. The number of likely N-dealkylation sites (N-methyl/N-ethyl adjacent to an activating group) is 1. The molecule has 2 atom stereocenters. The molecule has 1 aliphatic heterocycles. The van der Waals surface area contributed by atoms with Crippen LogP contribution in [-0.2, 0) is 17.8 Å². The summed E-state index contributed by atoms with van der Waals surface area (Å²) in [6.07, 6.45) is 1.74. The summed E-state index contributed by atoms with van der Waals surface area (Å²) >= 11 is 0. The molecule has 0 bridgehead atoms. The van der Waals surface area contributed by atoms with Crippen molar-refractivity contribution in [2.75, 3.05) is 32.6 Å². The number of fused-ring (bicyclic) bond motifs is 1. The Morgan fingerprint density at radius 2 is 1.96 bits per heavy atom. The summed E-state index contributed by atoms with van der Waals surface area (Å²) in [6, 6.07) is 9.86. The van der Waals surface area contributed by atoms with Gasteiger partial charge in [0.1, 0.15) is 5.82 Å². The predicted molar refractivity (Wildman–Crippen MR) is 113 cm³/mol. The van der Waals surface area contributed by atoms with Crippen molar-refractivity contribution in [3.8, 4) is 11.4 Å². The van der Waals surface area contributed by atoms with E-state index in [1.54, 1.807) is 0 Å². The highest BCUT2D eigenvalue weighted by Crippen LogP contribution is 2.29. The zero-order chi connectivity index (χ0) is 20.3. The van der Waals surface area contributed by atoms with Crippen LogP contribution in [-0.4, -0.2) is 54.5 Å². The van der Waals surface area contributed by atoms with Crippen molar-refractivity contribution < 1.29 is 4.79 Å². The van der Waals surface area contributed by atoms with Crippen molar-refractivity contribution in [2.24, 2.45) is 5.92 Å². The number of benzene rings is 1. The van der Waals surface area contributed by atoms with Crippen molar-refractivity contribution in [1.29, 1.82) is 0 Å². The number of amides is 1. The second-order valence-corrected chi connectivity index (χ2v) is 7.72. The predicted octanol–water partition coefficient (Wildman–Crippen LogP) is 2.73. The highest BCUT2D eigenvalue weighted by molar-refractivity contribution is 5.82. The van der Waals surface area contributed by atoms with Crippen LogP contribution in [0, 0.1) is 5.92 Å². The zero-order valence-corrected chi connectivity index (χ0v) is 17.6. The highest BCUT2D eigenvalue weighted by Gasteiger charge is 2.31. The van der Waals surface area contributed by atoms with Crippen LogP contribution in [0.4, 0.5) is 5.82 Å². The second-order valence-electron chi connectivity index (χ2n) is 7.72. The first kappa shape index (κ1) is 20.3. The van der Waals surface area contributed by atoms with E-state index in [9.17, 15) is 4.79 Å². The number of hydrogen-bond donors (Lipinski definition) is 1. The Morgan fingerprint density at radius 1 is 1.25 bits per heavy atom. The molecule has 1 aromatic heterocycles. The van der Waals surface area contributed by atoms with E-state index in [0.717, 1.165) is 35.5 Å². The number of rotatable bonds is 6. The Hall–Kier alpha value is -2.47. The average Bonchev–Trinajstić information content (AvgIpc) is 2.73.